The number of fused-ring (bicyclic) bond motifs is 1. The van der Waals surface area contributed by atoms with E-state index in [-0.39, 0.29) is 0 Å². The fraction of sp³-hybridized carbons (Fsp3) is 0.500. The Labute approximate surface area is 109 Å². The van der Waals surface area contributed by atoms with E-state index in [1.54, 1.807) is 12.7 Å². The van der Waals surface area contributed by atoms with Crippen molar-refractivity contribution in [3.8, 4) is 5.75 Å². The van der Waals surface area contributed by atoms with Crippen LogP contribution in [0.1, 0.15) is 31.2 Å². The van der Waals surface area contributed by atoms with Gasteiger partial charge in [-0.3, -0.25) is 0 Å². The van der Waals surface area contributed by atoms with E-state index >= 15 is 0 Å². The standard InChI is InChI=1S/C16H21NO/c1-17-10-9-16(8-4-6-14(16)12-17)13-5-3-7-15(11-13)18-2/h3,5,7,11-12H,4,6,8-10H2,1-2H3. The van der Waals surface area contributed by atoms with Crippen LogP contribution < -0.4 is 4.74 Å². The number of hydrogen-bond acceptors (Lipinski definition) is 2. The van der Waals surface area contributed by atoms with Gasteiger partial charge in [0, 0.05) is 19.0 Å². The highest BCUT2D eigenvalue weighted by Crippen LogP contribution is 2.50. The quantitative estimate of drug-likeness (QED) is 0.790. The van der Waals surface area contributed by atoms with Gasteiger partial charge < -0.3 is 9.64 Å². The maximum absolute atomic E-state index is 5.38. The number of hydrogen-bond donors (Lipinski definition) is 0. The molecular formula is C16H21NO. The normalized spacial score (nSPS) is 26.8. The van der Waals surface area contributed by atoms with E-state index < -0.39 is 0 Å². The maximum atomic E-state index is 5.38. The van der Waals surface area contributed by atoms with Crippen molar-refractivity contribution in [2.24, 2.45) is 0 Å². The number of benzene rings is 1. The smallest absolute Gasteiger partial charge is 0.119 e. The lowest BCUT2D eigenvalue weighted by Gasteiger charge is -2.38. The molecule has 0 aromatic heterocycles. The first-order valence-electron chi connectivity index (χ1n) is 6.80. The molecule has 0 amide bonds. The van der Waals surface area contributed by atoms with Crippen molar-refractivity contribution in [3.63, 3.8) is 0 Å². The molecule has 1 heterocycles. The maximum Gasteiger partial charge on any atom is 0.119 e. The molecule has 0 spiro atoms. The van der Waals surface area contributed by atoms with Crippen molar-refractivity contribution in [1.29, 1.82) is 0 Å². The summed E-state index contributed by atoms with van der Waals surface area (Å²) >= 11 is 0. The lowest BCUT2D eigenvalue weighted by molar-refractivity contribution is 0.331. The fourth-order valence-corrected chi connectivity index (χ4v) is 3.55. The molecular weight excluding hydrogens is 222 g/mol. The van der Waals surface area contributed by atoms with Crippen molar-refractivity contribution in [2.75, 3.05) is 20.7 Å². The molecule has 1 aliphatic carbocycles. The van der Waals surface area contributed by atoms with Crippen LogP contribution in [-0.2, 0) is 5.41 Å². The third kappa shape index (κ3) is 1.71. The summed E-state index contributed by atoms with van der Waals surface area (Å²) in [5.74, 6) is 0.979. The molecule has 2 aliphatic rings. The van der Waals surface area contributed by atoms with Gasteiger partial charge in [0.1, 0.15) is 5.75 Å². The zero-order valence-corrected chi connectivity index (χ0v) is 11.3. The van der Waals surface area contributed by atoms with E-state index in [9.17, 15) is 0 Å². The second-order valence-corrected chi connectivity index (χ2v) is 5.55. The number of rotatable bonds is 2. The third-order valence-corrected chi connectivity index (χ3v) is 4.55. The van der Waals surface area contributed by atoms with Crippen LogP contribution in [0.5, 0.6) is 5.75 Å². The first kappa shape index (κ1) is 11.6. The summed E-state index contributed by atoms with van der Waals surface area (Å²) in [5.41, 5.74) is 3.35. The molecule has 1 fully saturated rings. The van der Waals surface area contributed by atoms with E-state index in [2.05, 4.69) is 36.3 Å². The lowest BCUT2D eigenvalue weighted by atomic mass is 9.72. The average molecular weight is 243 g/mol. The Balaban J connectivity index is 2.05. The predicted octanol–water partition coefficient (Wildman–Crippen LogP) is 3.34. The molecule has 0 saturated heterocycles. The Morgan fingerprint density at radius 1 is 1.28 bits per heavy atom. The van der Waals surface area contributed by atoms with Gasteiger partial charge in [-0.1, -0.05) is 12.1 Å². The summed E-state index contributed by atoms with van der Waals surface area (Å²) in [6.45, 7) is 1.15. The zero-order chi connectivity index (χ0) is 12.6. The molecule has 2 heteroatoms. The Morgan fingerprint density at radius 2 is 2.17 bits per heavy atom. The minimum Gasteiger partial charge on any atom is -0.497 e. The first-order valence-corrected chi connectivity index (χ1v) is 6.80. The Bertz CT molecular complexity index is 480. The van der Waals surface area contributed by atoms with Crippen molar-refractivity contribution < 1.29 is 4.74 Å². The summed E-state index contributed by atoms with van der Waals surface area (Å²) in [7, 11) is 3.93. The van der Waals surface area contributed by atoms with Gasteiger partial charge in [-0.05, 0) is 55.2 Å². The first-order chi connectivity index (χ1) is 8.74. The molecule has 0 radical (unpaired) electrons. The lowest BCUT2D eigenvalue weighted by Crippen LogP contribution is -2.34. The minimum absolute atomic E-state index is 0.293. The van der Waals surface area contributed by atoms with E-state index in [1.807, 2.05) is 6.07 Å². The largest absolute Gasteiger partial charge is 0.497 e. The van der Waals surface area contributed by atoms with Crippen LogP contribution in [-0.4, -0.2) is 25.6 Å². The molecule has 1 saturated carbocycles. The van der Waals surface area contributed by atoms with Crippen LogP contribution in [0.2, 0.25) is 0 Å². The van der Waals surface area contributed by atoms with E-state index in [1.165, 1.54) is 31.2 Å². The van der Waals surface area contributed by atoms with E-state index in [0.29, 0.717) is 5.41 Å². The fourth-order valence-electron chi connectivity index (χ4n) is 3.55. The molecule has 96 valence electrons. The van der Waals surface area contributed by atoms with Gasteiger partial charge in [-0.25, -0.2) is 0 Å². The molecule has 1 atom stereocenters. The third-order valence-electron chi connectivity index (χ3n) is 4.55. The molecule has 1 aromatic carbocycles. The summed E-state index contributed by atoms with van der Waals surface area (Å²) in [5, 5.41) is 0. The van der Waals surface area contributed by atoms with Crippen LogP contribution in [0, 0.1) is 0 Å². The van der Waals surface area contributed by atoms with Crippen molar-refractivity contribution in [3.05, 3.63) is 41.6 Å². The highest BCUT2D eigenvalue weighted by Gasteiger charge is 2.41. The summed E-state index contributed by atoms with van der Waals surface area (Å²) in [6, 6.07) is 8.65. The van der Waals surface area contributed by atoms with Gasteiger partial charge in [0.15, 0.2) is 0 Å². The van der Waals surface area contributed by atoms with Crippen LogP contribution in [0.3, 0.4) is 0 Å². The van der Waals surface area contributed by atoms with E-state index in [4.69, 9.17) is 4.74 Å². The van der Waals surface area contributed by atoms with Crippen LogP contribution in [0.15, 0.2) is 36.0 Å². The van der Waals surface area contributed by atoms with Crippen LogP contribution in [0.25, 0.3) is 0 Å². The summed E-state index contributed by atoms with van der Waals surface area (Å²) in [6.07, 6.45) is 7.47. The second-order valence-electron chi connectivity index (χ2n) is 5.55. The van der Waals surface area contributed by atoms with Gasteiger partial charge in [0.2, 0.25) is 0 Å². The Hall–Kier alpha value is -1.44. The minimum atomic E-state index is 0.293. The summed E-state index contributed by atoms with van der Waals surface area (Å²) < 4.78 is 5.38. The predicted molar refractivity (Wildman–Crippen MR) is 73.9 cm³/mol. The average Bonchev–Trinajstić information content (AvgIpc) is 2.83. The molecule has 0 bridgehead atoms. The summed E-state index contributed by atoms with van der Waals surface area (Å²) in [4.78, 5) is 2.33. The van der Waals surface area contributed by atoms with Crippen LogP contribution >= 0.6 is 0 Å². The molecule has 3 rings (SSSR count). The molecule has 1 aliphatic heterocycles. The number of methoxy groups -OCH3 is 1. The van der Waals surface area contributed by atoms with Gasteiger partial charge in [0.05, 0.1) is 7.11 Å². The molecule has 0 N–H and O–H groups in total. The topological polar surface area (TPSA) is 12.5 Å². The SMILES string of the molecule is COc1cccc(C23CCCC2=CN(C)CC3)c1. The molecule has 1 aromatic rings. The molecule has 2 nitrogen and oxygen atoms in total. The second kappa shape index (κ2) is 4.34. The van der Waals surface area contributed by atoms with Gasteiger partial charge >= 0.3 is 0 Å². The van der Waals surface area contributed by atoms with Crippen molar-refractivity contribution >= 4 is 0 Å². The van der Waals surface area contributed by atoms with E-state index in [0.717, 1.165) is 12.3 Å². The molecule has 1 unspecified atom stereocenters. The van der Waals surface area contributed by atoms with Gasteiger partial charge in [0.25, 0.3) is 0 Å². The number of nitrogens with zero attached hydrogens (tertiary/aromatic N) is 1. The zero-order valence-electron chi connectivity index (χ0n) is 11.3. The highest BCUT2D eigenvalue weighted by atomic mass is 16.5. The van der Waals surface area contributed by atoms with Crippen molar-refractivity contribution in [1.82, 2.24) is 4.90 Å². The molecule has 18 heavy (non-hydrogen) atoms. The van der Waals surface area contributed by atoms with Gasteiger partial charge in [-0.2, -0.15) is 0 Å². The highest BCUT2D eigenvalue weighted by molar-refractivity contribution is 5.43. The number of allylic oxidation sites excluding steroid dienone is 1. The van der Waals surface area contributed by atoms with Crippen LogP contribution in [0.4, 0.5) is 0 Å². The van der Waals surface area contributed by atoms with Crippen molar-refractivity contribution in [2.45, 2.75) is 31.1 Å². The van der Waals surface area contributed by atoms with Gasteiger partial charge in [-0.15, -0.1) is 0 Å². The monoisotopic (exact) mass is 243 g/mol. The Kier molecular flexibility index (Phi) is 2.81. The number of ether oxygens (including phenoxy) is 1. The Morgan fingerprint density at radius 3 is 3.00 bits per heavy atom.